The molecular formula is C22H22BrNO3S. The van der Waals surface area contributed by atoms with Crippen LogP contribution in [0.1, 0.15) is 28.3 Å². The number of hydrogen-bond acceptors (Lipinski definition) is 3. The molecule has 0 radical (unpaired) electrons. The number of nitrogens with one attached hydrogen (secondary N) is 1. The first-order valence-corrected chi connectivity index (χ1v) is 11.1. The lowest BCUT2D eigenvalue weighted by atomic mass is 9.95. The molecule has 0 amide bonds. The molecule has 0 unspecified atom stereocenters. The van der Waals surface area contributed by atoms with Gasteiger partial charge in [0.2, 0.25) is 10.0 Å². The van der Waals surface area contributed by atoms with E-state index in [4.69, 9.17) is 4.74 Å². The highest BCUT2D eigenvalue weighted by atomic mass is 79.9. The van der Waals surface area contributed by atoms with E-state index >= 15 is 0 Å². The van der Waals surface area contributed by atoms with E-state index in [2.05, 4.69) is 26.7 Å². The van der Waals surface area contributed by atoms with Crippen molar-refractivity contribution in [2.24, 2.45) is 0 Å². The second-order valence-electron chi connectivity index (χ2n) is 6.62. The summed E-state index contributed by atoms with van der Waals surface area (Å²) in [7, 11) is -2.39. The van der Waals surface area contributed by atoms with Crippen LogP contribution in [0.4, 0.5) is 0 Å². The zero-order chi connectivity index (χ0) is 20.3. The maximum absolute atomic E-state index is 13.3. The van der Waals surface area contributed by atoms with Gasteiger partial charge in [0.15, 0.2) is 0 Å². The number of sulfonamides is 1. The summed E-state index contributed by atoms with van der Waals surface area (Å²) < 4.78 is 35.4. The third-order valence-electron chi connectivity index (χ3n) is 4.56. The minimum Gasteiger partial charge on any atom is -0.495 e. The number of halogens is 1. The third kappa shape index (κ3) is 4.46. The molecule has 0 aliphatic rings. The monoisotopic (exact) mass is 459 g/mol. The molecule has 0 saturated carbocycles. The quantitative estimate of drug-likeness (QED) is 0.554. The van der Waals surface area contributed by atoms with E-state index in [-0.39, 0.29) is 4.90 Å². The van der Waals surface area contributed by atoms with Crippen LogP contribution in [0.15, 0.2) is 76.1 Å². The van der Waals surface area contributed by atoms with E-state index in [1.54, 1.807) is 18.2 Å². The molecule has 6 heteroatoms. The second-order valence-corrected chi connectivity index (χ2v) is 9.22. The fraction of sp³-hybridized carbons (Fsp3) is 0.182. The average molecular weight is 460 g/mol. The largest absolute Gasteiger partial charge is 0.495 e. The van der Waals surface area contributed by atoms with Gasteiger partial charge in [0.1, 0.15) is 10.6 Å². The summed E-state index contributed by atoms with van der Waals surface area (Å²) in [6, 6.07) is 20.0. The predicted octanol–water partition coefficient (Wildman–Crippen LogP) is 5.14. The van der Waals surface area contributed by atoms with Gasteiger partial charge in [0.05, 0.1) is 13.2 Å². The van der Waals surface area contributed by atoms with Crippen molar-refractivity contribution in [1.82, 2.24) is 4.72 Å². The van der Waals surface area contributed by atoms with E-state index in [9.17, 15) is 8.42 Å². The Balaban J connectivity index is 2.11. The maximum atomic E-state index is 13.3. The van der Waals surface area contributed by atoms with E-state index in [1.165, 1.54) is 7.11 Å². The summed E-state index contributed by atoms with van der Waals surface area (Å²) in [6.07, 6.45) is 0. The normalized spacial score (nSPS) is 12.6. The minimum atomic E-state index is -3.85. The molecule has 3 aromatic carbocycles. The van der Waals surface area contributed by atoms with Gasteiger partial charge in [0.25, 0.3) is 0 Å². The van der Waals surface area contributed by atoms with Gasteiger partial charge < -0.3 is 4.74 Å². The zero-order valence-corrected chi connectivity index (χ0v) is 18.3. The molecule has 0 bridgehead atoms. The number of methoxy groups -OCH3 is 1. The molecule has 0 aliphatic heterocycles. The van der Waals surface area contributed by atoms with Gasteiger partial charge >= 0.3 is 0 Å². The highest BCUT2D eigenvalue weighted by molar-refractivity contribution is 9.10. The van der Waals surface area contributed by atoms with Crippen molar-refractivity contribution in [2.45, 2.75) is 24.8 Å². The van der Waals surface area contributed by atoms with Gasteiger partial charge in [-0.25, -0.2) is 8.42 Å². The molecule has 0 saturated heterocycles. The van der Waals surface area contributed by atoms with Crippen LogP contribution in [0, 0.1) is 13.8 Å². The molecule has 1 atom stereocenters. The summed E-state index contributed by atoms with van der Waals surface area (Å²) in [5.74, 6) is 0.295. The number of ether oxygens (including phenoxy) is 1. The van der Waals surface area contributed by atoms with Crippen LogP contribution in [0.2, 0.25) is 0 Å². The molecule has 4 nitrogen and oxygen atoms in total. The van der Waals surface area contributed by atoms with Crippen LogP contribution in [0.3, 0.4) is 0 Å². The van der Waals surface area contributed by atoms with Crippen molar-refractivity contribution >= 4 is 26.0 Å². The number of aryl methyl sites for hydroxylation is 2. The summed E-state index contributed by atoms with van der Waals surface area (Å²) in [5, 5.41) is 0. The Hall–Kier alpha value is -2.15. The van der Waals surface area contributed by atoms with Crippen LogP contribution >= 0.6 is 15.9 Å². The molecule has 3 aromatic rings. The molecule has 0 aliphatic carbocycles. The first kappa shape index (κ1) is 20.6. The summed E-state index contributed by atoms with van der Waals surface area (Å²) in [4.78, 5) is 0.0927. The van der Waals surface area contributed by atoms with Crippen molar-refractivity contribution < 1.29 is 13.2 Å². The highest BCUT2D eigenvalue weighted by Crippen LogP contribution is 2.31. The third-order valence-corrected chi connectivity index (χ3v) is 6.49. The van der Waals surface area contributed by atoms with Crippen LogP contribution in [0.25, 0.3) is 0 Å². The van der Waals surface area contributed by atoms with E-state index in [0.29, 0.717) is 10.2 Å². The Morgan fingerprint density at radius 3 is 2.32 bits per heavy atom. The molecule has 1 N–H and O–H groups in total. The standard InChI is InChI=1S/C22H22BrNO3S/c1-15-9-11-19(16(2)13-15)22(17-7-5-4-6-8-17)24-28(25,26)21-14-18(23)10-12-20(21)27-3/h4-14,22,24H,1-3H3/t22-/m1/s1. The van der Waals surface area contributed by atoms with Crippen LogP contribution < -0.4 is 9.46 Å². The number of benzene rings is 3. The van der Waals surface area contributed by atoms with Gasteiger partial charge in [-0.3, -0.25) is 0 Å². The van der Waals surface area contributed by atoms with E-state index < -0.39 is 16.1 Å². The molecular weight excluding hydrogens is 438 g/mol. The summed E-state index contributed by atoms with van der Waals surface area (Å²) in [6.45, 7) is 4.01. The van der Waals surface area contributed by atoms with Crippen molar-refractivity contribution in [3.8, 4) is 5.75 Å². The van der Waals surface area contributed by atoms with Gasteiger partial charge in [-0.2, -0.15) is 4.72 Å². The molecule has 0 spiro atoms. The number of hydrogen-bond donors (Lipinski definition) is 1. The van der Waals surface area contributed by atoms with Crippen molar-refractivity contribution in [1.29, 1.82) is 0 Å². The van der Waals surface area contributed by atoms with Crippen molar-refractivity contribution in [3.05, 3.63) is 93.5 Å². The average Bonchev–Trinajstić information content (AvgIpc) is 2.67. The molecule has 146 valence electrons. The van der Waals surface area contributed by atoms with Gasteiger partial charge in [0, 0.05) is 4.47 Å². The van der Waals surface area contributed by atoms with Crippen LogP contribution in [0.5, 0.6) is 5.75 Å². The first-order chi connectivity index (χ1) is 13.3. The van der Waals surface area contributed by atoms with Gasteiger partial charge in [-0.15, -0.1) is 0 Å². The van der Waals surface area contributed by atoms with Gasteiger partial charge in [-0.05, 0) is 48.7 Å². The molecule has 0 aromatic heterocycles. The highest BCUT2D eigenvalue weighted by Gasteiger charge is 2.26. The molecule has 0 heterocycles. The number of rotatable bonds is 6. The lowest BCUT2D eigenvalue weighted by Gasteiger charge is -2.22. The molecule has 3 rings (SSSR count). The first-order valence-electron chi connectivity index (χ1n) is 8.80. The van der Waals surface area contributed by atoms with Crippen LogP contribution in [-0.4, -0.2) is 15.5 Å². The fourth-order valence-electron chi connectivity index (χ4n) is 3.19. The Morgan fingerprint density at radius 1 is 0.964 bits per heavy atom. The summed E-state index contributed by atoms with van der Waals surface area (Å²) in [5.41, 5.74) is 3.93. The minimum absolute atomic E-state index is 0.0927. The Morgan fingerprint density at radius 2 is 1.68 bits per heavy atom. The second kappa shape index (κ2) is 8.47. The smallest absolute Gasteiger partial charge is 0.245 e. The predicted molar refractivity (Wildman–Crippen MR) is 115 cm³/mol. The SMILES string of the molecule is COc1ccc(Br)cc1S(=O)(=O)N[C@H](c1ccccc1)c1ccc(C)cc1C. The Bertz CT molecular complexity index is 1080. The van der Waals surface area contributed by atoms with Crippen molar-refractivity contribution in [3.63, 3.8) is 0 Å². The van der Waals surface area contributed by atoms with Gasteiger partial charge in [-0.1, -0.05) is 70.0 Å². The van der Waals surface area contributed by atoms with Crippen molar-refractivity contribution in [2.75, 3.05) is 7.11 Å². The van der Waals surface area contributed by atoms with E-state index in [0.717, 1.165) is 22.3 Å². The Labute approximate surface area is 174 Å². The molecule has 0 fully saturated rings. The lowest BCUT2D eigenvalue weighted by Crippen LogP contribution is -2.30. The fourth-order valence-corrected chi connectivity index (χ4v) is 5.10. The summed E-state index contributed by atoms with van der Waals surface area (Å²) >= 11 is 3.35. The molecule has 28 heavy (non-hydrogen) atoms. The topological polar surface area (TPSA) is 55.4 Å². The Kier molecular flexibility index (Phi) is 6.23. The van der Waals surface area contributed by atoms with Crippen LogP contribution in [-0.2, 0) is 10.0 Å². The zero-order valence-electron chi connectivity index (χ0n) is 15.9. The maximum Gasteiger partial charge on any atom is 0.245 e. The lowest BCUT2D eigenvalue weighted by molar-refractivity contribution is 0.402. The van der Waals surface area contributed by atoms with E-state index in [1.807, 2.05) is 56.3 Å².